The fraction of sp³-hybridized carbons (Fsp3) is 0.769. The lowest BCUT2D eigenvalue weighted by molar-refractivity contribution is -0.186. The molecule has 1 aromatic heterocycles. The molecule has 9 heteroatoms. The molecule has 1 N–H and O–H groups in total. The van der Waals surface area contributed by atoms with E-state index in [0.29, 0.717) is 25.3 Å². The van der Waals surface area contributed by atoms with Crippen LogP contribution in [0.3, 0.4) is 0 Å². The maximum Gasteiger partial charge on any atom is 0.471 e. The van der Waals surface area contributed by atoms with Crippen LogP contribution in [0.4, 0.5) is 18.3 Å². The minimum atomic E-state index is -4.77. The van der Waals surface area contributed by atoms with Crippen LogP contribution in [0.15, 0.2) is 0 Å². The number of aromatic nitrogens is 2. The van der Waals surface area contributed by atoms with Crippen molar-refractivity contribution in [1.29, 1.82) is 0 Å². The molecule has 1 saturated heterocycles. The Morgan fingerprint density at radius 2 is 1.95 bits per heavy atom. The summed E-state index contributed by atoms with van der Waals surface area (Å²) in [5, 5.41) is 3.98. The Balaban J connectivity index is 1.42. The highest BCUT2D eigenvalue weighted by molar-refractivity contribution is 7.09. The van der Waals surface area contributed by atoms with Gasteiger partial charge >= 0.3 is 12.1 Å². The summed E-state index contributed by atoms with van der Waals surface area (Å²) in [5.74, 6) is -0.0517. The van der Waals surface area contributed by atoms with Crippen LogP contribution in [-0.2, 0) is 4.79 Å². The molecule has 2 heterocycles. The minimum absolute atomic E-state index is 0.161. The summed E-state index contributed by atoms with van der Waals surface area (Å²) in [6.07, 6.45) is -1.31. The molecule has 0 unspecified atom stereocenters. The Labute approximate surface area is 130 Å². The van der Waals surface area contributed by atoms with Crippen LogP contribution in [0.1, 0.15) is 37.4 Å². The maximum absolute atomic E-state index is 12.4. The van der Waals surface area contributed by atoms with Gasteiger partial charge in [0.25, 0.3) is 0 Å². The third kappa shape index (κ3) is 3.68. The highest BCUT2D eigenvalue weighted by Crippen LogP contribution is 2.39. The van der Waals surface area contributed by atoms with Gasteiger partial charge in [0.05, 0.1) is 0 Å². The van der Waals surface area contributed by atoms with E-state index in [-0.39, 0.29) is 19.0 Å². The lowest BCUT2D eigenvalue weighted by Crippen LogP contribution is -2.46. The second-order valence-corrected chi connectivity index (χ2v) is 6.60. The molecule has 0 spiro atoms. The van der Waals surface area contributed by atoms with Crippen LogP contribution in [0, 0.1) is 5.92 Å². The molecule has 5 nitrogen and oxygen atoms in total. The summed E-state index contributed by atoms with van der Waals surface area (Å²) in [6, 6.07) is 0. The van der Waals surface area contributed by atoms with Crippen molar-refractivity contribution in [2.24, 2.45) is 5.92 Å². The lowest BCUT2D eigenvalue weighted by Gasteiger charge is -2.32. The summed E-state index contributed by atoms with van der Waals surface area (Å²) in [7, 11) is 0. The first kappa shape index (κ1) is 15.5. The molecule has 3 rings (SSSR count). The average Bonchev–Trinajstić information content (AvgIpc) is 3.23. The van der Waals surface area contributed by atoms with Crippen molar-refractivity contribution < 1.29 is 18.0 Å². The predicted octanol–water partition coefficient (Wildman–Crippen LogP) is 2.63. The topological polar surface area (TPSA) is 58.1 Å². The van der Waals surface area contributed by atoms with Crippen molar-refractivity contribution >= 4 is 22.6 Å². The fourth-order valence-electron chi connectivity index (χ4n) is 2.57. The highest BCUT2D eigenvalue weighted by atomic mass is 32.1. The fourth-order valence-corrected chi connectivity index (χ4v) is 3.22. The molecule has 2 fully saturated rings. The van der Waals surface area contributed by atoms with Crippen molar-refractivity contribution in [2.75, 3.05) is 25.0 Å². The van der Waals surface area contributed by atoms with Crippen LogP contribution in [0.5, 0.6) is 0 Å². The third-order valence-corrected chi connectivity index (χ3v) is 4.76. The van der Waals surface area contributed by atoms with E-state index in [9.17, 15) is 18.0 Å². The Kier molecular flexibility index (Phi) is 4.24. The second-order valence-electron chi connectivity index (χ2n) is 5.85. The van der Waals surface area contributed by atoms with E-state index in [4.69, 9.17) is 0 Å². The SMILES string of the molecule is O=C(N1CCC(CNc2nc(C3CC3)ns2)CC1)C(F)(F)F. The summed E-state index contributed by atoms with van der Waals surface area (Å²) in [5.41, 5.74) is 0. The van der Waals surface area contributed by atoms with Crippen molar-refractivity contribution in [1.82, 2.24) is 14.3 Å². The van der Waals surface area contributed by atoms with Crippen LogP contribution >= 0.6 is 11.5 Å². The van der Waals surface area contributed by atoms with Crippen LogP contribution in [-0.4, -0.2) is 46.0 Å². The summed E-state index contributed by atoms with van der Waals surface area (Å²) >= 11 is 1.33. The van der Waals surface area contributed by atoms with Crippen molar-refractivity contribution in [3.63, 3.8) is 0 Å². The molecule has 0 atom stereocenters. The second kappa shape index (κ2) is 6.02. The summed E-state index contributed by atoms with van der Waals surface area (Å²) in [6.45, 7) is 0.982. The number of amides is 1. The van der Waals surface area contributed by atoms with E-state index in [1.807, 2.05) is 0 Å². The Morgan fingerprint density at radius 3 is 2.55 bits per heavy atom. The van der Waals surface area contributed by atoms with Crippen LogP contribution in [0.2, 0.25) is 0 Å². The third-order valence-electron chi connectivity index (χ3n) is 4.07. The van der Waals surface area contributed by atoms with Gasteiger partial charge in [0, 0.05) is 37.1 Å². The molecule has 0 bridgehead atoms. The van der Waals surface area contributed by atoms with Gasteiger partial charge < -0.3 is 10.2 Å². The molecule has 1 saturated carbocycles. The van der Waals surface area contributed by atoms with Crippen LogP contribution in [0.25, 0.3) is 0 Å². The van der Waals surface area contributed by atoms with Gasteiger partial charge in [-0.05, 0) is 31.6 Å². The molecule has 1 aromatic rings. The van der Waals surface area contributed by atoms with Crippen molar-refractivity contribution in [3.05, 3.63) is 5.82 Å². The number of hydrogen-bond acceptors (Lipinski definition) is 5. The zero-order chi connectivity index (χ0) is 15.7. The van der Waals surface area contributed by atoms with E-state index >= 15 is 0 Å². The smallest absolute Gasteiger partial charge is 0.360 e. The number of carbonyl (C=O) groups excluding carboxylic acids is 1. The normalized spacial score (nSPS) is 20.2. The summed E-state index contributed by atoms with van der Waals surface area (Å²) < 4.78 is 41.4. The monoisotopic (exact) mass is 334 g/mol. The molecule has 22 heavy (non-hydrogen) atoms. The number of piperidine rings is 1. The van der Waals surface area contributed by atoms with E-state index in [2.05, 4.69) is 14.7 Å². The van der Waals surface area contributed by atoms with Crippen LogP contribution < -0.4 is 5.32 Å². The first-order valence-electron chi connectivity index (χ1n) is 7.37. The van der Waals surface area contributed by atoms with E-state index in [1.54, 1.807) is 0 Å². The zero-order valence-corrected chi connectivity index (χ0v) is 12.7. The number of halogens is 3. The van der Waals surface area contributed by atoms with Gasteiger partial charge in [-0.15, -0.1) is 0 Å². The number of carbonyl (C=O) groups is 1. The van der Waals surface area contributed by atoms with Crippen molar-refractivity contribution in [3.8, 4) is 0 Å². The lowest BCUT2D eigenvalue weighted by atomic mass is 9.97. The predicted molar refractivity (Wildman–Crippen MR) is 75.7 cm³/mol. The minimum Gasteiger partial charge on any atom is -0.360 e. The number of rotatable bonds is 4. The number of likely N-dealkylation sites (tertiary alicyclic amines) is 1. The quantitative estimate of drug-likeness (QED) is 0.920. The van der Waals surface area contributed by atoms with Gasteiger partial charge in [-0.25, -0.2) is 4.98 Å². The number of anilines is 1. The van der Waals surface area contributed by atoms with Gasteiger partial charge in [-0.3, -0.25) is 4.79 Å². The Bertz CT molecular complexity index is 536. The highest BCUT2D eigenvalue weighted by Gasteiger charge is 2.43. The molecule has 0 aromatic carbocycles. The Morgan fingerprint density at radius 1 is 1.27 bits per heavy atom. The van der Waals surface area contributed by atoms with Gasteiger partial charge in [-0.2, -0.15) is 17.5 Å². The van der Waals surface area contributed by atoms with Gasteiger partial charge in [0.15, 0.2) is 0 Å². The van der Waals surface area contributed by atoms with Gasteiger partial charge in [0.1, 0.15) is 5.82 Å². The number of nitrogens with one attached hydrogen (secondary N) is 1. The van der Waals surface area contributed by atoms with Gasteiger partial charge in [-0.1, -0.05) is 0 Å². The van der Waals surface area contributed by atoms with E-state index in [0.717, 1.165) is 28.7 Å². The molecule has 2 aliphatic rings. The first-order chi connectivity index (χ1) is 10.4. The standard InChI is InChI=1S/C13H17F3N4OS/c14-13(15,16)11(21)20-5-3-8(4-6-20)7-17-12-18-10(19-22-12)9-1-2-9/h8-9H,1-7H2,(H,17,18,19). The van der Waals surface area contributed by atoms with Gasteiger partial charge in [0.2, 0.25) is 5.13 Å². The molecule has 1 aliphatic heterocycles. The maximum atomic E-state index is 12.4. The average molecular weight is 334 g/mol. The first-order valence-corrected chi connectivity index (χ1v) is 8.14. The zero-order valence-electron chi connectivity index (χ0n) is 11.9. The number of nitrogens with zero attached hydrogens (tertiary/aromatic N) is 3. The molecule has 1 aliphatic carbocycles. The largest absolute Gasteiger partial charge is 0.471 e. The van der Waals surface area contributed by atoms with E-state index < -0.39 is 12.1 Å². The summed E-state index contributed by atoms with van der Waals surface area (Å²) in [4.78, 5) is 16.5. The number of alkyl halides is 3. The Hall–Kier alpha value is -1.38. The number of hydrogen-bond donors (Lipinski definition) is 1. The molecule has 1 amide bonds. The van der Waals surface area contributed by atoms with E-state index in [1.165, 1.54) is 11.5 Å². The van der Waals surface area contributed by atoms with Crippen molar-refractivity contribution in [2.45, 2.75) is 37.8 Å². The molecular formula is C13H17F3N4OS. The molecule has 122 valence electrons. The molecular weight excluding hydrogens is 317 g/mol. The molecule has 0 radical (unpaired) electrons.